The molecule has 1 heterocycles. The summed E-state index contributed by atoms with van der Waals surface area (Å²) in [7, 11) is 0. The summed E-state index contributed by atoms with van der Waals surface area (Å²) in [6, 6.07) is 10.1. The fourth-order valence-corrected chi connectivity index (χ4v) is 1.70. The van der Waals surface area contributed by atoms with Crippen molar-refractivity contribution in [1.29, 1.82) is 0 Å². The molecule has 0 saturated heterocycles. The van der Waals surface area contributed by atoms with Crippen LogP contribution in [0.3, 0.4) is 0 Å². The summed E-state index contributed by atoms with van der Waals surface area (Å²) >= 11 is 0. The molecule has 2 aromatic rings. The average Bonchev–Trinajstić information content (AvgIpc) is 2.40. The molecular weight excluding hydrogens is 212 g/mol. The Kier molecular flexibility index (Phi) is 3.73. The van der Waals surface area contributed by atoms with Crippen LogP contribution >= 0.6 is 0 Å². The van der Waals surface area contributed by atoms with E-state index in [9.17, 15) is 0 Å². The second kappa shape index (κ2) is 5.46. The second-order valence-electron chi connectivity index (χ2n) is 3.75. The second-order valence-corrected chi connectivity index (χ2v) is 3.75. The largest absolute Gasteiger partial charge is 0.492 e. The minimum absolute atomic E-state index is 0.548. The molecule has 1 aromatic heterocycles. The Labute approximate surface area is 101 Å². The molecule has 0 saturated carbocycles. The van der Waals surface area contributed by atoms with Crippen molar-refractivity contribution < 1.29 is 4.74 Å². The molecule has 0 unspecified atom stereocenters. The molecule has 1 aromatic carbocycles. The lowest BCUT2D eigenvalue weighted by Crippen LogP contribution is -1.96. The standard InChI is InChI=1S/C14H16N2O/c1-2-17-14-7-13(9-16-10-14)12-5-3-4-11(6-12)8-15/h3-7,9-10H,2,8,15H2,1H3. The summed E-state index contributed by atoms with van der Waals surface area (Å²) in [5.41, 5.74) is 8.91. The van der Waals surface area contributed by atoms with Crippen LogP contribution in [0.2, 0.25) is 0 Å². The summed E-state index contributed by atoms with van der Waals surface area (Å²) in [4.78, 5) is 4.18. The lowest BCUT2D eigenvalue weighted by atomic mass is 10.0. The Morgan fingerprint density at radius 2 is 2.06 bits per heavy atom. The van der Waals surface area contributed by atoms with E-state index in [2.05, 4.69) is 11.1 Å². The van der Waals surface area contributed by atoms with Gasteiger partial charge in [-0.05, 0) is 30.2 Å². The third-order valence-electron chi connectivity index (χ3n) is 2.52. The molecule has 88 valence electrons. The predicted molar refractivity (Wildman–Crippen MR) is 68.7 cm³/mol. The number of hydrogen-bond donors (Lipinski definition) is 1. The van der Waals surface area contributed by atoms with Crippen molar-refractivity contribution in [3.05, 3.63) is 48.3 Å². The molecule has 3 nitrogen and oxygen atoms in total. The van der Waals surface area contributed by atoms with Gasteiger partial charge in [0.25, 0.3) is 0 Å². The number of pyridine rings is 1. The van der Waals surface area contributed by atoms with Gasteiger partial charge in [0.05, 0.1) is 12.8 Å². The molecule has 0 fully saturated rings. The molecule has 0 aliphatic rings. The molecule has 0 atom stereocenters. The molecule has 0 aliphatic heterocycles. The van der Waals surface area contributed by atoms with Gasteiger partial charge < -0.3 is 10.5 Å². The lowest BCUT2D eigenvalue weighted by Gasteiger charge is -2.06. The molecule has 0 radical (unpaired) electrons. The van der Waals surface area contributed by atoms with Crippen LogP contribution in [-0.4, -0.2) is 11.6 Å². The van der Waals surface area contributed by atoms with E-state index in [1.807, 2.05) is 37.4 Å². The van der Waals surface area contributed by atoms with E-state index in [0.717, 1.165) is 22.4 Å². The van der Waals surface area contributed by atoms with Crippen molar-refractivity contribution in [3.63, 3.8) is 0 Å². The molecule has 2 rings (SSSR count). The van der Waals surface area contributed by atoms with Gasteiger partial charge in [-0.25, -0.2) is 0 Å². The molecule has 0 spiro atoms. The van der Waals surface area contributed by atoms with Crippen molar-refractivity contribution in [1.82, 2.24) is 4.98 Å². The highest BCUT2D eigenvalue weighted by Crippen LogP contribution is 2.23. The Hall–Kier alpha value is -1.87. The van der Waals surface area contributed by atoms with Gasteiger partial charge in [0.15, 0.2) is 0 Å². The minimum atomic E-state index is 0.548. The van der Waals surface area contributed by atoms with Gasteiger partial charge in [-0.15, -0.1) is 0 Å². The van der Waals surface area contributed by atoms with Gasteiger partial charge in [0, 0.05) is 18.3 Å². The lowest BCUT2D eigenvalue weighted by molar-refractivity contribution is 0.339. The van der Waals surface area contributed by atoms with E-state index in [4.69, 9.17) is 10.5 Å². The maximum Gasteiger partial charge on any atom is 0.138 e. The van der Waals surface area contributed by atoms with E-state index in [-0.39, 0.29) is 0 Å². The molecule has 17 heavy (non-hydrogen) atoms. The van der Waals surface area contributed by atoms with E-state index >= 15 is 0 Å². The third-order valence-corrected chi connectivity index (χ3v) is 2.52. The van der Waals surface area contributed by atoms with Gasteiger partial charge in [0.2, 0.25) is 0 Å². The monoisotopic (exact) mass is 228 g/mol. The number of nitrogens with two attached hydrogens (primary N) is 1. The smallest absolute Gasteiger partial charge is 0.138 e. The van der Waals surface area contributed by atoms with Crippen LogP contribution < -0.4 is 10.5 Å². The first kappa shape index (κ1) is 11.6. The highest BCUT2D eigenvalue weighted by Gasteiger charge is 2.01. The Morgan fingerprint density at radius 1 is 1.18 bits per heavy atom. The fraction of sp³-hybridized carbons (Fsp3) is 0.214. The van der Waals surface area contributed by atoms with Crippen LogP contribution in [0.4, 0.5) is 0 Å². The number of benzene rings is 1. The van der Waals surface area contributed by atoms with Crippen LogP contribution in [0.25, 0.3) is 11.1 Å². The number of rotatable bonds is 4. The van der Waals surface area contributed by atoms with Crippen LogP contribution in [0.1, 0.15) is 12.5 Å². The molecular formula is C14H16N2O. The van der Waals surface area contributed by atoms with Gasteiger partial charge in [-0.2, -0.15) is 0 Å². The van der Waals surface area contributed by atoms with Gasteiger partial charge >= 0.3 is 0 Å². The number of hydrogen-bond acceptors (Lipinski definition) is 3. The van der Waals surface area contributed by atoms with Crippen molar-refractivity contribution in [2.75, 3.05) is 6.61 Å². The Bertz CT molecular complexity index is 497. The fourth-order valence-electron chi connectivity index (χ4n) is 1.70. The normalized spacial score (nSPS) is 10.2. The van der Waals surface area contributed by atoms with Crippen LogP contribution in [0.5, 0.6) is 5.75 Å². The van der Waals surface area contributed by atoms with Crippen molar-refractivity contribution >= 4 is 0 Å². The summed E-state index contributed by atoms with van der Waals surface area (Å²) < 4.78 is 5.44. The predicted octanol–water partition coefficient (Wildman–Crippen LogP) is 2.61. The van der Waals surface area contributed by atoms with Crippen molar-refractivity contribution in [2.45, 2.75) is 13.5 Å². The van der Waals surface area contributed by atoms with Crippen molar-refractivity contribution in [2.24, 2.45) is 5.73 Å². The molecule has 0 aliphatic carbocycles. The van der Waals surface area contributed by atoms with E-state index in [1.54, 1.807) is 6.20 Å². The summed E-state index contributed by atoms with van der Waals surface area (Å²) in [6.45, 7) is 3.15. The Balaban J connectivity index is 2.34. The molecule has 0 amide bonds. The molecule has 2 N–H and O–H groups in total. The van der Waals surface area contributed by atoms with Crippen LogP contribution in [0.15, 0.2) is 42.7 Å². The third kappa shape index (κ3) is 2.82. The summed E-state index contributed by atoms with van der Waals surface area (Å²) in [5, 5.41) is 0. The maximum atomic E-state index is 5.63. The maximum absolute atomic E-state index is 5.63. The van der Waals surface area contributed by atoms with Gasteiger partial charge in [-0.1, -0.05) is 18.2 Å². The zero-order valence-corrected chi connectivity index (χ0v) is 9.89. The number of aromatic nitrogens is 1. The molecule has 0 bridgehead atoms. The Morgan fingerprint density at radius 3 is 2.82 bits per heavy atom. The van der Waals surface area contributed by atoms with E-state index in [1.165, 1.54) is 0 Å². The van der Waals surface area contributed by atoms with Gasteiger partial charge in [0.1, 0.15) is 5.75 Å². The highest BCUT2D eigenvalue weighted by molar-refractivity contribution is 5.64. The van der Waals surface area contributed by atoms with E-state index in [0.29, 0.717) is 13.2 Å². The van der Waals surface area contributed by atoms with Gasteiger partial charge in [-0.3, -0.25) is 4.98 Å². The number of nitrogens with zero attached hydrogens (tertiary/aromatic N) is 1. The molecule has 3 heteroatoms. The SMILES string of the molecule is CCOc1cncc(-c2cccc(CN)c2)c1. The van der Waals surface area contributed by atoms with Crippen LogP contribution in [-0.2, 0) is 6.54 Å². The first-order chi connectivity index (χ1) is 8.33. The zero-order chi connectivity index (χ0) is 12.1. The quantitative estimate of drug-likeness (QED) is 0.875. The first-order valence-corrected chi connectivity index (χ1v) is 5.70. The van der Waals surface area contributed by atoms with Crippen molar-refractivity contribution in [3.8, 4) is 16.9 Å². The van der Waals surface area contributed by atoms with E-state index < -0.39 is 0 Å². The van der Waals surface area contributed by atoms with Crippen LogP contribution in [0, 0.1) is 0 Å². The first-order valence-electron chi connectivity index (χ1n) is 5.70. The zero-order valence-electron chi connectivity index (χ0n) is 9.89. The number of ether oxygens (including phenoxy) is 1. The summed E-state index contributed by atoms with van der Waals surface area (Å²) in [5.74, 6) is 0.795. The average molecular weight is 228 g/mol. The summed E-state index contributed by atoms with van der Waals surface area (Å²) in [6.07, 6.45) is 3.55. The highest BCUT2D eigenvalue weighted by atomic mass is 16.5. The topological polar surface area (TPSA) is 48.1 Å². The minimum Gasteiger partial charge on any atom is -0.492 e.